The lowest BCUT2D eigenvalue weighted by Crippen LogP contribution is -2.26. The summed E-state index contributed by atoms with van der Waals surface area (Å²) in [5.74, 6) is 1.26. The molecule has 0 spiro atoms. The maximum Gasteiger partial charge on any atom is 0.289 e. The average molecular weight is 313 g/mol. The molecule has 6 heteroatoms. The Morgan fingerprint density at radius 1 is 1.26 bits per heavy atom. The molecule has 1 amide bonds. The second-order valence-corrected chi connectivity index (χ2v) is 5.58. The molecule has 6 nitrogen and oxygen atoms in total. The fourth-order valence-electron chi connectivity index (χ4n) is 2.55. The van der Waals surface area contributed by atoms with E-state index in [0.29, 0.717) is 18.1 Å². The number of hydrogen-bond donors (Lipinski definition) is 0. The minimum Gasteiger partial charge on any atom is -0.461 e. The van der Waals surface area contributed by atoms with Crippen LogP contribution in [0.5, 0.6) is 0 Å². The second kappa shape index (κ2) is 5.79. The van der Waals surface area contributed by atoms with E-state index in [-0.39, 0.29) is 11.7 Å². The van der Waals surface area contributed by atoms with Gasteiger partial charge < -0.3 is 13.7 Å². The van der Waals surface area contributed by atoms with Gasteiger partial charge in [0.15, 0.2) is 17.3 Å². The van der Waals surface area contributed by atoms with Crippen LogP contribution in [0.2, 0.25) is 0 Å². The lowest BCUT2D eigenvalue weighted by molar-refractivity contribution is 0.0754. The molecule has 0 radical (unpaired) electrons. The van der Waals surface area contributed by atoms with Gasteiger partial charge in [-0.15, -0.1) is 0 Å². The van der Waals surface area contributed by atoms with Crippen molar-refractivity contribution in [2.75, 3.05) is 7.05 Å². The van der Waals surface area contributed by atoms with Gasteiger partial charge in [0.2, 0.25) is 0 Å². The zero-order valence-corrected chi connectivity index (χ0v) is 13.7. The first-order chi connectivity index (χ1) is 11.0. The first-order valence-electron chi connectivity index (χ1n) is 7.35. The van der Waals surface area contributed by atoms with E-state index in [1.807, 2.05) is 25.6 Å². The Bertz CT molecular complexity index is 828. The highest BCUT2D eigenvalue weighted by atomic mass is 16.4. The molecule has 3 rings (SSSR count). The minimum atomic E-state index is -0.176. The van der Waals surface area contributed by atoms with Gasteiger partial charge in [-0.25, -0.2) is 0 Å². The van der Waals surface area contributed by atoms with E-state index in [4.69, 9.17) is 8.83 Å². The zero-order valence-electron chi connectivity index (χ0n) is 13.7. The fourth-order valence-corrected chi connectivity index (χ4v) is 2.55. The molecule has 0 bridgehead atoms. The van der Waals surface area contributed by atoms with Crippen LogP contribution in [0.3, 0.4) is 0 Å². The molecule has 0 fully saturated rings. The second-order valence-electron chi connectivity index (χ2n) is 5.58. The topological polar surface area (TPSA) is 64.4 Å². The van der Waals surface area contributed by atoms with Crippen molar-refractivity contribution in [1.82, 2.24) is 14.7 Å². The number of nitrogens with zero attached hydrogens (tertiary/aromatic N) is 3. The Hall–Kier alpha value is -2.76. The van der Waals surface area contributed by atoms with E-state index >= 15 is 0 Å². The maximum absolute atomic E-state index is 12.5. The summed E-state index contributed by atoms with van der Waals surface area (Å²) in [5.41, 5.74) is 3.04. The molecule has 120 valence electrons. The summed E-state index contributed by atoms with van der Waals surface area (Å²) < 4.78 is 12.7. The average Bonchev–Trinajstić information content (AvgIpc) is 3.23. The molecule has 0 aliphatic heterocycles. The lowest BCUT2D eigenvalue weighted by atomic mass is 10.2. The smallest absolute Gasteiger partial charge is 0.289 e. The van der Waals surface area contributed by atoms with Crippen LogP contribution in [0.25, 0.3) is 11.5 Å². The van der Waals surface area contributed by atoms with Crippen molar-refractivity contribution in [3.05, 3.63) is 53.2 Å². The monoisotopic (exact) mass is 313 g/mol. The molecule has 0 saturated carbocycles. The molecule has 0 unspecified atom stereocenters. The Morgan fingerprint density at radius 3 is 2.65 bits per heavy atom. The molecule has 0 aromatic carbocycles. The van der Waals surface area contributed by atoms with Gasteiger partial charge in [0.05, 0.1) is 12.0 Å². The summed E-state index contributed by atoms with van der Waals surface area (Å²) in [6, 6.07) is 6.97. The number of carbonyl (C=O) groups excluding carboxylic acids is 1. The zero-order chi connectivity index (χ0) is 16.6. The van der Waals surface area contributed by atoms with Crippen molar-refractivity contribution in [3.8, 4) is 11.5 Å². The lowest BCUT2D eigenvalue weighted by Gasteiger charge is -2.16. The predicted octanol–water partition coefficient (Wildman–Crippen LogP) is 3.16. The van der Waals surface area contributed by atoms with Crippen molar-refractivity contribution >= 4 is 5.91 Å². The van der Waals surface area contributed by atoms with Crippen LogP contribution < -0.4 is 0 Å². The van der Waals surface area contributed by atoms with Gasteiger partial charge in [-0.1, -0.05) is 0 Å². The van der Waals surface area contributed by atoms with E-state index in [1.54, 1.807) is 42.5 Å². The van der Waals surface area contributed by atoms with Gasteiger partial charge in [0, 0.05) is 31.9 Å². The van der Waals surface area contributed by atoms with Crippen LogP contribution in [0.4, 0.5) is 0 Å². The SMILES string of the molecule is Cc1nn(C)c(C)c1CN(C)C(=O)c1ccc(-c2ccco2)o1. The molecule has 0 aliphatic rings. The van der Waals surface area contributed by atoms with Gasteiger partial charge in [0.1, 0.15) is 0 Å². The van der Waals surface area contributed by atoms with Crippen LogP contribution >= 0.6 is 0 Å². The molecule has 3 aromatic heterocycles. The Labute approximate surface area is 134 Å². The van der Waals surface area contributed by atoms with Gasteiger partial charge in [0.25, 0.3) is 5.91 Å². The summed E-state index contributed by atoms with van der Waals surface area (Å²) in [4.78, 5) is 14.2. The van der Waals surface area contributed by atoms with Gasteiger partial charge in [-0.05, 0) is 38.1 Å². The highest BCUT2D eigenvalue weighted by molar-refractivity contribution is 5.91. The van der Waals surface area contributed by atoms with Crippen molar-refractivity contribution in [2.24, 2.45) is 7.05 Å². The first kappa shape index (κ1) is 15.1. The van der Waals surface area contributed by atoms with Crippen LogP contribution in [0, 0.1) is 13.8 Å². The molecule has 0 atom stereocenters. The van der Waals surface area contributed by atoms with Gasteiger partial charge in [-0.3, -0.25) is 9.48 Å². The number of carbonyl (C=O) groups is 1. The van der Waals surface area contributed by atoms with Crippen molar-refractivity contribution in [3.63, 3.8) is 0 Å². The predicted molar refractivity (Wildman–Crippen MR) is 84.9 cm³/mol. The van der Waals surface area contributed by atoms with Crippen molar-refractivity contribution < 1.29 is 13.6 Å². The number of hydrogen-bond acceptors (Lipinski definition) is 4. The van der Waals surface area contributed by atoms with Gasteiger partial charge in [-0.2, -0.15) is 5.10 Å². The standard InChI is InChI=1S/C17H19N3O3/c1-11-13(12(2)20(4)18-11)10-19(3)17(21)16-8-7-15(23-16)14-6-5-9-22-14/h5-9H,10H2,1-4H3. The van der Waals surface area contributed by atoms with E-state index in [2.05, 4.69) is 5.10 Å². The molecule has 3 aromatic rings. The third-order valence-electron chi connectivity index (χ3n) is 3.98. The van der Waals surface area contributed by atoms with E-state index in [9.17, 15) is 4.79 Å². The Balaban J connectivity index is 1.77. The molecular formula is C17H19N3O3. The third-order valence-corrected chi connectivity index (χ3v) is 3.98. The number of furan rings is 2. The van der Waals surface area contributed by atoms with E-state index in [1.165, 1.54) is 0 Å². The number of aryl methyl sites for hydroxylation is 2. The molecule has 0 saturated heterocycles. The molecule has 0 N–H and O–H groups in total. The van der Waals surface area contributed by atoms with Crippen molar-refractivity contribution in [1.29, 1.82) is 0 Å². The van der Waals surface area contributed by atoms with Crippen LogP contribution in [-0.2, 0) is 13.6 Å². The van der Waals surface area contributed by atoms with E-state index < -0.39 is 0 Å². The highest BCUT2D eigenvalue weighted by Crippen LogP contribution is 2.23. The maximum atomic E-state index is 12.5. The van der Waals surface area contributed by atoms with Crippen molar-refractivity contribution in [2.45, 2.75) is 20.4 Å². The Kier molecular flexibility index (Phi) is 3.82. The summed E-state index contributed by atoms with van der Waals surface area (Å²) in [6.07, 6.45) is 1.57. The van der Waals surface area contributed by atoms with E-state index in [0.717, 1.165) is 17.0 Å². The van der Waals surface area contributed by atoms with Crippen LogP contribution in [-0.4, -0.2) is 27.6 Å². The summed E-state index contributed by atoms with van der Waals surface area (Å²) in [5, 5.41) is 4.38. The Morgan fingerprint density at radius 2 is 2.04 bits per heavy atom. The molecular weight excluding hydrogens is 294 g/mol. The highest BCUT2D eigenvalue weighted by Gasteiger charge is 2.20. The third kappa shape index (κ3) is 2.79. The molecule has 0 aliphatic carbocycles. The summed E-state index contributed by atoms with van der Waals surface area (Å²) in [6.45, 7) is 4.43. The van der Waals surface area contributed by atoms with Gasteiger partial charge >= 0.3 is 0 Å². The first-order valence-corrected chi connectivity index (χ1v) is 7.35. The van der Waals surface area contributed by atoms with Crippen LogP contribution in [0.15, 0.2) is 39.4 Å². The summed E-state index contributed by atoms with van der Waals surface area (Å²) in [7, 11) is 3.65. The largest absolute Gasteiger partial charge is 0.461 e. The van der Waals surface area contributed by atoms with Crippen LogP contribution in [0.1, 0.15) is 27.5 Å². The number of rotatable bonds is 4. The molecule has 3 heterocycles. The fraction of sp³-hybridized carbons (Fsp3) is 0.294. The number of aromatic nitrogens is 2. The normalized spacial score (nSPS) is 11.0. The minimum absolute atomic E-state index is 0.176. The number of amides is 1. The quantitative estimate of drug-likeness (QED) is 0.742. The summed E-state index contributed by atoms with van der Waals surface area (Å²) >= 11 is 0. The molecule has 23 heavy (non-hydrogen) atoms.